The largest absolute Gasteiger partial charge is 0.373 e. The second kappa shape index (κ2) is 6.22. The number of ketones is 2. The van der Waals surface area contributed by atoms with Crippen LogP contribution in [0.5, 0.6) is 0 Å². The lowest BCUT2D eigenvalue weighted by molar-refractivity contribution is 0.0959. The summed E-state index contributed by atoms with van der Waals surface area (Å²) < 4.78 is 0. The van der Waals surface area contributed by atoms with Crippen LogP contribution >= 0.6 is 23.4 Å². The fourth-order valence-corrected chi connectivity index (χ4v) is 3.67. The highest BCUT2D eigenvalue weighted by molar-refractivity contribution is 8.04. The molecule has 0 spiro atoms. The quantitative estimate of drug-likeness (QED) is 0.833. The molecule has 2 aromatic carbocycles. The highest BCUT2D eigenvalue weighted by Crippen LogP contribution is 2.37. The summed E-state index contributed by atoms with van der Waals surface area (Å²) in [5.41, 5.74) is 1.34. The lowest BCUT2D eigenvalue weighted by Crippen LogP contribution is -2.29. The molecule has 0 aromatic heterocycles. The second-order valence-corrected chi connectivity index (χ2v) is 6.85. The number of carbonyl (C=O) groups is 2. The molecule has 0 heterocycles. The number of rotatable bonds is 3. The first kappa shape index (κ1) is 15.8. The van der Waals surface area contributed by atoms with Gasteiger partial charge < -0.3 is 4.90 Å². The zero-order valence-electron chi connectivity index (χ0n) is 12.7. The summed E-state index contributed by atoms with van der Waals surface area (Å²) in [5, 5.41) is 0.632. The molecule has 0 atom stereocenters. The van der Waals surface area contributed by atoms with Gasteiger partial charge in [0.25, 0.3) is 0 Å². The number of carbonyl (C=O) groups excluding carboxylic acids is 2. The molecule has 0 aliphatic heterocycles. The van der Waals surface area contributed by atoms with Crippen LogP contribution in [0.4, 0.5) is 0 Å². The summed E-state index contributed by atoms with van der Waals surface area (Å²) in [7, 11) is 3.55. The second-order valence-electron chi connectivity index (χ2n) is 5.33. The van der Waals surface area contributed by atoms with Crippen molar-refractivity contribution >= 4 is 34.9 Å². The molecule has 0 radical (unpaired) electrons. The number of likely N-dealkylation sites (N-methyl/N-ethyl adjacent to an activating group) is 1. The van der Waals surface area contributed by atoms with Gasteiger partial charge >= 0.3 is 0 Å². The van der Waals surface area contributed by atoms with Gasteiger partial charge in [0, 0.05) is 35.1 Å². The molecule has 1 aliphatic rings. The Morgan fingerprint density at radius 2 is 1.43 bits per heavy atom. The molecule has 5 heteroatoms. The van der Waals surface area contributed by atoms with Gasteiger partial charge in [-0.05, 0) is 24.3 Å². The zero-order valence-corrected chi connectivity index (χ0v) is 14.2. The van der Waals surface area contributed by atoms with Gasteiger partial charge in [0.2, 0.25) is 11.6 Å². The van der Waals surface area contributed by atoms with Crippen molar-refractivity contribution in [3.05, 3.63) is 75.3 Å². The molecule has 1 aliphatic carbocycles. The van der Waals surface area contributed by atoms with Crippen LogP contribution in [0.2, 0.25) is 5.02 Å². The molecular weight excluding hydrogens is 330 g/mol. The van der Waals surface area contributed by atoms with E-state index in [1.54, 1.807) is 55.4 Å². The van der Waals surface area contributed by atoms with Crippen LogP contribution in [0.1, 0.15) is 20.7 Å². The summed E-state index contributed by atoms with van der Waals surface area (Å²) in [6.45, 7) is 0. The zero-order chi connectivity index (χ0) is 16.6. The molecule has 0 bridgehead atoms. The van der Waals surface area contributed by atoms with Gasteiger partial charge in [-0.25, -0.2) is 0 Å². The number of benzene rings is 2. The highest BCUT2D eigenvalue weighted by atomic mass is 35.5. The van der Waals surface area contributed by atoms with E-state index < -0.39 is 0 Å². The van der Waals surface area contributed by atoms with Crippen molar-refractivity contribution in [3.63, 3.8) is 0 Å². The van der Waals surface area contributed by atoms with Gasteiger partial charge in [-0.15, -0.1) is 0 Å². The molecule has 23 heavy (non-hydrogen) atoms. The van der Waals surface area contributed by atoms with E-state index in [1.165, 1.54) is 11.8 Å². The maximum absolute atomic E-state index is 12.9. The molecule has 3 rings (SSSR count). The maximum Gasteiger partial charge on any atom is 0.211 e. The van der Waals surface area contributed by atoms with Gasteiger partial charge in [-0.3, -0.25) is 9.59 Å². The van der Waals surface area contributed by atoms with Gasteiger partial charge in [-0.2, -0.15) is 0 Å². The van der Waals surface area contributed by atoms with Crippen molar-refractivity contribution < 1.29 is 9.59 Å². The van der Waals surface area contributed by atoms with Crippen LogP contribution in [0.25, 0.3) is 0 Å². The maximum atomic E-state index is 12.9. The number of allylic oxidation sites excluding steroid dienone is 2. The smallest absolute Gasteiger partial charge is 0.211 e. The van der Waals surface area contributed by atoms with Crippen LogP contribution in [0.3, 0.4) is 0 Å². The van der Waals surface area contributed by atoms with Crippen LogP contribution in [0, 0.1) is 0 Å². The van der Waals surface area contributed by atoms with Gasteiger partial charge in [-0.1, -0.05) is 47.6 Å². The normalized spacial score (nSPS) is 14.0. The van der Waals surface area contributed by atoms with Crippen LogP contribution in [-0.4, -0.2) is 30.6 Å². The number of nitrogens with zero attached hydrogens (tertiary/aromatic N) is 1. The predicted octanol–water partition coefficient (Wildman–Crippen LogP) is 4.28. The Balaban J connectivity index is 2.10. The predicted molar refractivity (Wildman–Crippen MR) is 93.1 cm³/mol. The topological polar surface area (TPSA) is 37.4 Å². The number of fused-ring (bicyclic) bond motifs is 1. The monoisotopic (exact) mass is 343 g/mol. The van der Waals surface area contributed by atoms with Crippen molar-refractivity contribution in [3.8, 4) is 0 Å². The molecule has 116 valence electrons. The molecule has 0 fully saturated rings. The minimum Gasteiger partial charge on any atom is -0.373 e. The standard InChI is InChI=1S/C18H14ClNO2S/c1-20(2)15-16(21)13-5-3-4-6-14(13)17(22)18(15)23-12-9-7-11(19)8-10-12/h3-10H,1-2H3. The van der Waals surface area contributed by atoms with E-state index in [9.17, 15) is 9.59 Å². The third kappa shape index (κ3) is 2.92. The first-order valence-electron chi connectivity index (χ1n) is 7.02. The molecule has 0 unspecified atom stereocenters. The Morgan fingerprint density at radius 3 is 2.00 bits per heavy atom. The number of thioether (sulfide) groups is 1. The van der Waals surface area contributed by atoms with E-state index in [4.69, 9.17) is 11.6 Å². The van der Waals surface area contributed by atoms with Crippen molar-refractivity contribution in [1.29, 1.82) is 0 Å². The first-order valence-corrected chi connectivity index (χ1v) is 8.22. The fourth-order valence-electron chi connectivity index (χ4n) is 2.46. The van der Waals surface area contributed by atoms with Gasteiger partial charge in [0.05, 0.1) is 4.91 Å². The van der Waals surface area contributed by atoms with E-state index in [-0.39, 0.29) is 11.6 Å². The van der Waals surface area contributed by atoms with Crippen LogP contribution in [-0.2, 0) is 0 Å². The highest BCUT2D eigenvalue weighted by Gasteiger charge is 2.33. The Kier molecular flexibility index (Phi) is 4.28. The summed E-state index contributed by atoms with van der Waals surface area (Å²) in [4.78, 5) is 28.7. The van der Waals surface area contributed by atoms with E-state index in [0.717, 1.165) is 4.90 Å². The number of Topliss-reactive ketones (excluding diaryl/α,β-unsaturated/α-hetero) is 2. The minimum atomic E-state index is -0.123. The molecule has 0 saturated carbocycles. The van der Waals surface area contributed by atoms with Crippen molar-refractivity contribution in [2.75, 3.05) is 14.1 Å². The lowest BCUT2D eigenvalue weighted by Gasteiger charge is -2.25. The van der Waals surface area contributed by atoms with E-state index >= 15 is 0 Å². The van der Waals surface area contributed by atoms with E-state index in [2.05, 4.69) is 0 Å². The van der Waals surface area contributed by atoms with Crippen molar-refractivity contribution in [2.45, 2.75) is 4.90 Å². The average molecular weight is 344 g/mol. The molecular formula is C18H14ClNO2S. The molecule has 0 saturated heterocycles. The summed E-state index contributed by atoms with van der Waals surface area (Å²) in [6, 6.07) is 14.2. The van der Waals surface area contributed by atoms with Gasteiger partial charge in [0.1, 0.15) is 5.70 Å². The van der Waals surface area contributed by atoms with E-state index in [0.29, 0.717) is 26.8 Å². The number of hydrogen-bond acceptors (Lipinski definition) is 4. The Hall–Kier alpha value is -2.04. The molecule has 3 nitrogen and oxygen atoms in total. The molecule has 2 aromatic rings. The summed E-state index contributed by atoms with van der Waals surface area (Å²) >= 11 is 7.20. The van der Waals surface area contributed by atoms with Crippen LogP contribution in [0.15, 0.2) is 64.0 Å². The molecule has 0 amide bonds. The fraction of sp³-hybridized carbons (Fsp3) is 0.111. The van der Waals surface area contributed by atoms with Crippen molar-refractivity contribution in [2.24, 2.45) is 0 Å². The van der Waals surface area contributed by atoms with Crippen LogP contribution < -0.4 is 0 Å². The Bertz CT molecular complexity index is 825. The minimum absolute atomic E-state index is 0.121. The Labute approximate surface area is 143 Å². The van der Waals surface area contributed by atoms with Gasteiger partial charge in [0.15, 0.2) is 0 Å². The molecule has 0 N–H and O–H groups in total. The lowest BCUT2D eigenvalue weighted by atomic mass is 9.92. The first-order chi connectivity index (χ1) is 11.0. The number of halogens is 1. The van der Waals surface area contributed by atoms with E-state index in [1.807, 2.05) is 12.1 Å². The summed E-state index contributed by atoms with van der Waals surface area (Å²) in [6.07, 6.45) is 0. The third-order valence-corrected chi connectivity index (χ3v) is 4.88. The number of hydrogen-bond donors (Lipinski definition) is 0. The van der Waals surface area contributed by atoms with Crippen molar-refractivity contribution in [1.82, 2.24) is 4.90 Å². The Morgan fingerprint density at radius 1 is 0.870 bits per heavy atom. The summed E-state index contributed by atoms with van der Waals surface area (Å²) in [5.74, 6) is -0.245. The third-order valence-electron chi connectivity index (χ3n) is 3.53. The SMILES string of the molecule is CN(C)C1=C(Sc2ccc(Cl)cc2)C(=O)c2ccccc2C1=O. The average Bonchev–Trinajstić information content (AvgIpc) is 2.54.